The molecule has 0 saturated heterocycles. The largest absolute Gasteiger partial charge is 0.359 e. The van der Waals surface area contributed by atoms with Crippen molar-refractivity contribution in [1.29, 1.82) is 0 Å². The van der Waals surface area contributed by atoms with Crippen LogP contribution in [0.15, 0.2) is 48.5 Å². The Morgan fingerprint density at radius 2 is 1.70 bits per heavy atom. The number of carbonyl (C=O) groups is 2. The summed E-state index contributed by atoms with van der Waals surface area (Å²) < 4.78 is 0. The lowest BCUT2D eigenvalue weighted by Crippen LogP contribution is -2.29. The minimum absolute atomic E-state index is 0.0979. The van der Waals surface area contributed by atoms with Gasteiger partial charge in [0.1, 0.15) is 0 Å². The fourth-order valence-electron chi connectivity index (χ4n) is 2.11. The Kier molecular flexibility index (Phi) is 5.74. The van der Waals surface area contributed by atoms with Gasteiger partial charge in [0.05, 0.1) is 6.42 Å². The second-order valence-corrected chi connectivity index (χ2v) is 5.30. The standard InChI is InChI=1S/C18H21N3O2/c1-13-7-9-14(10-8-13)12-20-18(23)21-16-6-4-3-5-15(16)11-17(22)19-2/h3-10H,11-12H2,1-2H3,(H,19,22)(H2,20,21,23). The van der Waals surface area contributed by atoms with Gasteiger partial charge in [-0.05, 0) is 24.1 Å². The summed E-state index contributed by atoms with van der Waals surface area (Å²) in [5.41, 5.74) is 3.63. The summed E-state index contributed by atoms with van der Waals surface area (Å²) in [6.45, 7) is 2.47. The number of hydrogen-bond acceptors (Lipinski definition) is 2. The quantitative estimate of drug-likeness (QED) is 0.794. The molecule has 0 aliphatic heterocycles. The summed E-state index contributed by atoms with van der Waals surface area (Å²) in [4.78, 5) is 23.6. The number of carbonyl (C=O) groups excluding carboxylic acids is 2. The minimum Gasteiger partial charge on any atom is -0.359 e. The van der Waals surface area contributed by atoms with Gasteiger partial charge < -0.3 is 16.0 Å². The molecule has 0 heterocycles. The number of anilines is 1. The zero-order chi connectivity index (χ0) is 16.7. The Bertz CT molecular complexity index is 681. The average molecular weight is 311 g/mol. The van der Waals surface area contributed by atoms with Gasteiger partial charge in [-0.25, -0.2) is 4.79 Å². The molecule has 120 valence electrons. The van der Waals surface area contributed by atoms with Crippen molar-refractivity contribution in [3.05, 3.63) is 65.2 Å². The fraction of sp³-hybridized carbons (Fsp3) is 0.222. The number of benzene rings is 2. The SMILES string of the molecule is CNC(=O)Cc1ccccc1NC(=O)NCc1ccc(C)cc1. The molecule has 2 aromatic rings. The van der Waals surface area contributed by atoms with Gasteiger partial charge in [0, 0.05) is 19.3 Å². The number of hydrogen-bond donors (Lipinski definition) is 3. The van der Waals surface area contributed by atoms with E-state index in [1.807, 2.05) is 49.4 Å². The summed E-state index contributed by atoms with van der Waals surface area (Å²) in [6, 6.07) is 15.0. The van der Waals surface area contributed by atoms with E-state index in [0.29, 0.717) is 12.2 Å². The molecular weight excluding hydrogens is 290 g/mol. The molecule has 0 spiro atoms. The molecule has 3 amide bonds. The molecule has 0 radical (unpaired) electrons. The van der Waals surface area contributed by atoms with Gasteiger partial charge >= 0.3 is 6.03 Å². The van der Waals surface area contributed by atoms with Gasteiger partial charge in [-0.3, -0.25) is 4.79 Å². The van der Waals surface area contributed by atoms with Crippen LogP contribution in [0.5, 0.6) is 0 Å². The van der Waals surface area contributed by atoms with Gasteiger partial charge in [-0.1, -0.05) is 48.0 Å². The first kappa shape index (κ1) is 16.5. The summed E-state index contributed by atoms with van der Waals surface area (Å²) in [5.74, 6) is -0.0979. The highest BCUT2D eigenvalue weighted by Gasteiger charge is 2.09. The lowest BCUT2D eigenvalue weighted by atomic mass is 10.1. The van der Waals surface area contributed by atoms with Crippen molar-refractivity contribution in [2.75, 3.05) is 12.4 Å². The Balaban J connectivity index is 1.94. The summed E-state index contributed by atoms with van der Waals surface area (Å²) in [5, 5.41) is 8.18. The highest BCUT2D eigenvalue weighted by atomic mass is 16.2. The van der Waals surface area contributed by atoms with E-state index < -0.39 is 0 Å². The van der Waals surface area contributed by atoms with E-state index >= 15 is 0 Å². The zero-order valence-corrected chi connectivity index (χ0v) is 13.3. The van der Waals surface area contributed by atoms with Crippen LogP contribution in [-0.4, -0.2) is 19.0 Å². The van der Waals surface area contributed by atoms with Crippen LogP contribution in [0.4, 0.5) is 10.5 Å². The number of likely N-dealkylation sites (N-methyl/N-ethyl adjacent to an activating group) is 1. The van der Waals surface area contributed by atoms with E-state index in [1.165, 1.54) is 5.56 Å². The van der Waals surface area contributed by atoms with Gasteiger partial charge in [-0.2, -0.15) is 0 Å². The number of para-hydroxylation sites is 1. The Morgan fingerprint density at radius 3 is 2.39 bits per heavy atom. The van der Waals surface area contributed by atoms with Crippen molar-refractivity contribution < 1.29 is 9.59 Å². The molecule has 2 aromatic carbocycles. The van der Waals surface area contributed by atoms with Crippen LogP contribution in [-0.2, 0) is 17.8 Å². The summed E-state index contributed by atoms with van der Waals surface area (Å²) >= 11 is 0. The number of rotatable bonds is 5. The molecule has 0 atom stereocenters. The Labute approximate surface area is 136 Å². The molecule has 23 heavy (non-hydrogen) atoms. The van der Waals surface area contributed by atoms with E-state index in [2.05, 4.69) is 16.0 Å². The van der Waals surface area contributed by atoms with Gasteiger partial charge in [0.2, 0.25) is 5.91 Å². The minimum atomic E-state index is -0.296. The molecule has 2 rings (SSSR count). The molecule has 0 aliphatic rings. The number of amides is 3. The highest BCUT2D eigenvalue weighted by Crippen LogP contribution is 2.15. The van der Waals surface area contributed by atoms with Gasteiger partial charge in [0.15, 0.2) is 0 Å². The van der Waals surface area contributed by atoms with Crippen LogP contribution in [0, 0.1) is 6.92 Å². The van der Waals surface area contributed by atoms with E-state index in [1.54, 1.807) is 13.1 Å². The first-order valence-corrected chi connectivity index (χ1v) is 7.47. The van der Waals surface area contributed by atoms with E-state index in [4.69, 9.17) is 0 Å². The monoisotopic (exact) mass is 311 g/mol. The predicted molar refractivity (Wildman–Crippen MR) is 91.3 cm³/mol. The van der Waals surface area contributed by atoms with Crippen LogP contribution in [0.3, 0.4) is 0 Å². The highest BCUT2D eigenvalue weighted by molar-refractivity contribution is 5.91. The summed E-state index contributed by atoms with van der Waals surface area (Å²) in [6.07, 6.45) is 0.227. The lowest BCUT2D eigenvalue weighted by molar-refractivity contribution is -0.119. The van der Waals surface area contributed by atoms with Crippen molar-refractivity contribution in [2.24, 2.45) is 0 Å². The normalized spacial score (nSPS) is 10.0. The smallest absolute Gasteiger partial charge is 0.319 e. The first-order chi connectivity index (χ1) is 11.1. The Morgan fingerprint density at radius 1 is 1.00 bits per heavy atom. The topological polar surface area (TPSA) is 70.2 Å². The molecular formula is C18H21N3O2. The molecule has 5 nitrogen and oxygen atoms in total. The second kappa shape index (κ2) is 7.98. The van der Waals surface area contributed by atoms with Gasteiger partial charge in [0.25, 0.3) is 0 Å². The van der Waals surface area contributed by atoms with E-state index in [0.717, 1.165) is 11.1 Å². The molecule has 0 unspecified atom stereocenters. The maximum absolute atomic E-state index is 12.0. The van der Waals surface area contributed by atoms with Crippen LogP contribution in [0.25, 0.3) is 0 Å². The number of nitrogens with one attached hydrogen (secondary N) is 3. The fourth-order valence-corrected chi connectivity index (χ4v) is 2.11. The van der Waals surface area contributed by atoms with Crippen LogP contribution < -0.4 is 16.0 Å². The van der Waals surface area contributed by atoms with E-state index in [9.17, 15) is 9.59 Å². The molecule has 5 heteroatoms. The zero-order valence-electron chi connectivity index (χ0n) is 13.3. The van der Waals surface area contributed by atoms with Crippen molar-refractivity contribution in [1.82, 2.24) is 10.6 Å². The van der Waals surface area contributed by atoms with Crippen molar-refractivity contribution in [3.8, 4) is 0 Å². The number of urea groups is 1. The van der Waals surface area contributed by atoms with Crippen LogP contribution in [0.2, 0.25) is 0 Å². The predicted octanol–water partition coefficient (Wildman–Crippen LogP) is 2.61. The third-order valence-corrected chi connectivity index (χ3v) is 3.47. The lowest BCUT2D eigenvalue weighted by Gasteiger charge is -2.12. The third kappa shape index (κ3) is 5.14. The summed E-state index contributed by atoms with van der Waals surface area (Å²) in [7, 11) is 1.59. The molecule has 0 aromatic heterocycles. The van der Waals surface area contributed by atoms with Crippen molar-refractivity contribution in [2.45, 2.75) is 19.9 Å². The molecule has 0 saturated carbocycles. The Hall–Kier alpha value is -2.82. The average Bonchev–Trinajstić information content (AvgIpc) is 2.56. The number of aryl methyl sites for hydroxylation is 1. The molecule has 0 fully saturated rings. The molecule has 0 aliphatic carbocycles. The first-order valence-electron chi connectivity index (χ1n) is 7.47. The molecule has 3 N–H and O–H groups in total. The van der Waals surface area contributed by atoms with Crippen LogP contribution >= 0.6 is 0 Å². The maximum atomic E-state index is 12.0. The molecule has 0 bridgehead atoms. The van der Waals surface area contributed by atoms with Crippen molar-refractivity contribution in [3.63, 3.8) is 0 Å². The maximum Gasteiger partial charge on any atom is 0.319 e. The third-order valence-electron chi connectivity index (χ3n) is 3.47. The van der Waals surface area contributed by atoms with E-state index in [-0.39, 0.29) is 18.4 Å². The van der Waals surface area contributed by atoms with Crippen LogP contribution in [0.1, 0.15) is 16.7 Å². The van der Waals surface area contributed by atoms with Gasteiger partial charge in [-0.15, -0.1) is 0 Å². The second-order valence-electron chi connectivity index (χ2n) is 5.30. The van der Waals surface area contributed by atoms with Crippen molar-refractivity contribution >= 4 is 17.6 Å².